The van der Waals surface area contributed by atoms with Crippen molar-refractivity contribution in [2.24, 2.45) is 11.3 Å². The van der Waals surface area contributed by atoms with Gasteiger partial charge in [-0.1, -0.05) is 117 Å². The standard InChI is InChI=1S/C28H54O4/c1-6-7-8-9-10-11-12-13-14-15-16-17-18-19-20-21-23-31-26(29)28(4,5)27(30)32-24-22-25(2)3/h25H,6-24H2,1-5H3. The molecule has 0 rings (SSSR count). The molecule has 4 nitrogen and oxygen atoms in total. The van der Waals surface area contributed by atoms with Crippen LogP contribution < -0.4 is 0 Å². The molecule has 0 radical (unpaired) electrons. The maximum Gasteiger partial charge on any atom is 0.322 e. The fraction of sp³-hybridized carbons (Fsp3) is 0.929. The Labute approximate surface area is 199 Å². The Morgan fingerprint density at radius 3 is 1.31 bits per heavy atom. The van der Waals surface area contributed by atoms with Crippen LogP contribution in [0.1, 0.15) is 144 Å². The molecule has 0 aliphatic heterocycles. The molecule has 0 aromatic carbocycles. The number of rotatable bonds is 22. The highest BCUT2D eigenvalue weighted by Crippen LogP contribution is 2.21. The van der Waals surface area contributed by atoms with Crippen LogP contribution >= 0.6 is 0 Å². The maximum absolute atomic E-state index is 12.2. The second-order valence-corrected chi connectivity index (χ2v) is 10.4. The predicted molar refractivity (Wildman–Crippen MR) is 135 cm³/mol. The average molecular weight is 455 g/mol. The van der Waals surface area contributed by atoms with Gasteiger partial charge in [0.05, 0.1) is 13.2 Å². The highest BCUT2D eigenvalue weighted by molar-refractivity contribution is 5.99. The second-order valence-electron chi connectivity index (χ2n) is 10.4. The number of carbonyl (C=O) groups is 2. The summed E-state index contributed by atoms with van der Waals surface area (Å²) in [5.74, 6) is -0.504. The van der Waals surface area contributed by atoms with E-state index in [1.165, 1.54) is 89.9 Å². The molecule has 0 saturated heterocycles. The van der Waals surface area contributed by atoms with E-state index >= 15 is 0 Å². The van der Waals surface area contributed by atoms with Gasteiger partial charge in [0.2, 0.25) is 0 Å². The normalized spacial score (nSPS) is 11.7. The Bertz CT molecular complexity index is 456. The molecule has 0 heterocycles. The van der Waals surface area contributed by atoms with E-state index in [0.717, 1.165) is 19.3 Å². The molecular formula is C28H54O4. The third-order valence-corrected chi connectivity index (χ3v) is 6.18. The van der Waals surface area contributed by atoms with Crippen molar-refractivity contribution >= 4 is 11.9 Å². The molecule has 0 bridgehead atoms. The van der Waals surface area contributed by atoms with E-state index in [2.05, 4.69) is 20.8 Å². The third-order valence-electron chi connectivity index (χ3n) is 6.18. The monoisotopic (exact) mass is 454 g/mol. The summed E-state index contributed by atoms with van der Waals surface area (Å²) in [6.45, 7) is 10.3. The van der Waals surface area contributed by atoms with Gasteiger partial charge in [0.1, 0.15) is 0 Å². The molecule has 0 spiro atoms. The van der Waals surface area contributed by atoms with Crippen molar-refractivity contribution in [3.05, 3.63) is 0 Å². The molecule has 4 heteroatoms. The number of hydrogen-bond acceptors (Lipinski definition) is 4. The van der Waals surface area contributed by atoms with Gasteiger partial charge in [-0.05, 0) is 32.6 Å². The van der Waals surface area contributed by atoms with E-state index in [1.807, 2.05) is 0 Å². The summed E-state index contributed by atoms with van der Waals surface area (Å²) in [6.07, 6.45) is 21.9. The van der Waals surface area contributed by atoms with Gasteiger partial charge < -0.3 is 9.47 Å². The van der Waals surface area contributed by atoms with Gasteiger partial charge in [-0.15, -0.1) is 0 Å². The molecule has 0 aliphatic rings. The number of carbonyl (C=O) groups excluding carboxylic acids is 2. The van der Waals surface area contributed by atoms with Crippen molar-refractivity contribution in [2.75, 3.05) is 13.2 Å². The topological polar surface area (TPSA) is 52.6 Å². The Kier molecular flexibility index (Phi) is 19.9. The molecule has 0 amide bonds. The van der Waals surface area contributed by atoms with Crippen molar-refractivity contribution < 1.29 is 19.1 Å². The summed E-state index contributed by atoms with van der Waals surface area (Å²) in [5.41, 5.74) is -1.23. The zero-order valence-corrected chi connectivity index (χ0v) is 22.1. The Balaban J connectivity index is 3.50. The second kappa shape index (κ2) is 20.5. The van der Waals surface area contributed by atoms with Gasteiger partial charge in [0.25, 0.3) is 0 Å². The summed E-state index contributed by atoms with van der Waals surface area (Å²) in [6, 6.07) is 0. The van der Waals surface area contributed by atoms with E-state index in [-0.39, 0.29) is 0 Å². The molecule has 0 unspecified atom stereocenters. The largest absolute Gasteiger partial charge is 0.465 e. The molecule has 0 saturated carbocycles. The van der Waals surface area contributed by atoms with Crippen molar-refractivity contribution in [3.63, 3.8) is 0 Å². The number of ether oxygens (including phenoxy) is 2. The van der Waals surface area contributed by atoms with Crippen molar-refractivity contribution in [1.29, 1.82) is 0 Å². The molecule has 0 aliphatic carbocycles. The molecular weight excluding hydrogens is 400 g/mol. The van der Waals surface area contributed by atoms with Crippen LogP contribution in [-0.4, -0.2) is 25.2 Å². The van der Waals surface area contributed by atoms with Crippen LogP contribution in [0.25, 0.3) is 0 Å². The lowest BCUT2D eigenvalue weighted by Crippen LogP contribution is -2.37. The first-order valence-corrected chi connectivity index (χ1v) is 13.7. The van der Waals surface area contributed by atoms with Crippen LogP contribution in [0.4, 0.5) is 0 Å². The van der Waals surface area contributed by atoms with Crippen LogP contribution in [0.2, 0.25) is 0 Å². The lowest BCUT2D eigenvalue weighted by atomic mass is 9.94. The van der Waals surface area contributed by atoms with Gasteiger partial charge in [-0.2, -0.15) is 0 Å². The highest BCUT2D eigenvalue weighted by Gasteiger charge is 2.39. The lowest BCUT2D eigenvalue weighted by Gasteiger charge is -2.21. The zero-order valence-electron chi connectivity index (χ0n) is 22.1. The Morgan fingerprint density at radius 2 is 0.938 bits per heavy atom. The minimum atomic E-state index is -1.23. The van der Waals surface area contributed by atoms with Gasteiger partial charge in [-0.3, -0.25) is 9.59 Å². The van der Waals surface area contributed by atoms with Gasteiger partial charge in [0, 0.05) is 0 Å². The Morgan fingerprint density at radius 1 is 0.594 bits per heavy atom. The van der Waals surface area contributed by atoms with Crippen LogP contribution in [0.3, 0.4) is 0 Å². The summed E-state index contributed by atoms with van der Waals surface area (Å²) in [4.78, 5) is 24.4. The predicted octanol–water partition coefficient (Wildman–Crippen LogP) is 8.41. The van der Waals surface area contributed by atoms with E-state index in [0.29, 0.717) is 19.1 Å². The van der Waals surface area contributed by atoms with E-state index in [1.54, 1.807) is 13.8 Å². The van der Waals surface area contributed by atoms with Crippen LogP contribution in [-0.2, 0) is 19.1 Å². The molecule has 0 aromatic rings. The average Bonchev–Trinajstić information content (AvgIpc) is 2.75. The third kappa shape index (κ3) is 17.5. The highest BCUT2D eigenvalue weighted by atomic mass is 16.6. The summed E-state index contributed by atoms with van der Waals surface area (Å²) in [5, 5.41) is 0. The van der Waals surface area contributed by atoms with Gasteiger partial charge >= 0.3 is 11.9 Å². The minimum absolute atomic E-state index is 0.354. The zero-order chi connectivity index (χ0) is 24.1. The molecule has 0 fully saturated rings. The summed E-state index contributed by atoms with van der Waals surface area (Å²) in [7, 11) is 0. The first kappa shape index (κ1) is 30.9. The quantitative estimate of drug-likeness (QED) is 0.0935. The Hall–Kier alpha value is -1.06. The molecule has 0 N–H and O–H groups in total. The number of unbranched alkanes of at least 4 members (excludes halogenated alkanes) is 15. The van der Waals surface area contributed by atoms with E-state index in [4.69, 9.17) is 9.47 Å². The summed E-state index contributed by atoms with van der Waals surface area (Å²) < 4.78 is 10.6. The number of hydrogen-bond donors (Lipinski definition) is 0. The van der Waals surface area contributed by atoms with E-state index in [9.17, 15) is 9.59 Å². The lowest BCUT2D eigenvalue weighted by molar-refractivity contribution is -0.170. The van der Waals surface area contributed by atoms with Crippen molar-refractivity contribution in [1.82, 2.24) is 0 Å². The van der Waals surface area contributed by atoms with Crippen LogP contribution in [0.5, 0.6) is 0 Å². The van der Waals surface area contributed by atoms with Gasteiger partial charge in [-0.25, -0.2) is 0 Å². The SMILES string of the molecule is CCCCCCCCCCCCCCCCCCOC(=O)C(C)(C)C(=O)OCCC(C)C. The molecule has 0 aromatic heterocycles. The fourth-order valence-corrected chi connectivity index (χ4v) is 3.65. The minimum Gasteiger partial charge on any atom is -0.465 e. The molecule has 190 valence electrons. The fourth-order valence-electron chi connectivity index (χ4n) is 3.65. The molecule has 32 heavy (non-hydrogen) atoms. The summed E-state index contributed by atoms with van der Waals surface area (Å²) >= 11 is 0. The van der Waals surface area contributed by atoms with Gasteiger partial charge in [0.15, 0.2) is 5.41 Å². The van der Waals surface area contributed by atoms with Crippen molar-refractivity contribution in [3.8, 4) is 0 Å². The molecule has 0 atom stereocenters. The maximum atomic E-state index is 12.2. The number of esters is 2. The van der Waals surface area contributed by atoms with Crippen molar-refractivity contribution in [2.45, 2.75) is 144 Å². The smallest absolute Gasteiger partial charge is 0.322 e. The van der Waals surface area contributed by atoms with Crippen LogP contribution in [0.15, 0.2) is 0 Å². The first-order valence-electron chi connectivity index (χ1n) is 13.7. The van der Waals surface area contributed by atoms with E-state index < -0.39 is 17.4 Å². The first-order chi connectivity index (χ1) is 15.3. The van der Waals surface area contributed by atoms with Crippen LogP contribution in [0, 0.1) is 11.3 Å².